The zero-order valence-corrected chi connectivity index (χ0v) is 85.4. The summed E-state index contributed by atoms with van der Waals surface area (Å²) in [7, 11) is 6.69. The third kappa shape index (κ3) is 24.7. The predicted octanol–water partition coefficient (Wildman–Crippen LogP) is 9.93. The first-order valence-corrected chi connectivity index (χ1v) is 53.5. The Hall–Kier alpha value is -13.2. The third-order valence-corrected chi connectivity index (χ3v) is 34.2. The van der Waals surface area contributed by atoms with E-state index in [1.54, 1.807) is 150 Å². The molecule has 3 atom stereocenters. The molecule has 4 aliphatic carbocycles. The first-order chi connectivity index (χ1) is 67.4. The number of aromatic nitrogens is 8. The molecule has 736 valence electrons. The fourth-order valence-electron chi connectivity index (χ4n) is 16.9. The number of nitrogens with zero attached hydrogens (tertiary/aromatic N) is 8. The van der Waals surface area contributed by atoms with Gasteiger partial charge in [0.25, 0.3) is 40.9 Å². The van der Waals surface area contributed by atoms with Crippen molar-refractivity contribution < 1.29 is 125 Å². The third-order valence-electron chi connectivity index (χ3n) is 23.4. The highest BCUT2D eigenvalue weighted by atomic mass is 127. The fraction of sp³-hybridized carbons (Fsp3) is 0.323. The molecule has 4 aliphatic heterocycles. The van der Waals surface area contributed by atoms with Gasteiger partial charge in [0.2, 0.25) is 11.7 Å². The Bertz CT molecular complexity index is 6700. The maximum absolute atomic E-state index is 13.4. The van der Waals surface area contributed by atoms with Gasteiger partial charge in [-0.25, -0.2) is 47.9 Å². The van der Waals surface area contributed by atoms with Gasteiger partial charge in [-0.2, -0.15) is 20.4 Å². The van der Waals surface area contributed by atoms with Crippen molar-refractivity contribution in [2.24, 2.45) is 39.7 Å². The van der Waals surface area contributed by atoms with E-state index in [0.717, 1.165) is 76.8 Å². The lowest BCUT2D eigenvalue weighted by Crippen LogP contribution is -2.50. The topological polar surface area (TPSA) is 527 Å². The van der Waals surface area contributed by atoms with Crippen LogP contribution < -0.4 is 22.1 Å². The van der Waals surface area contributed by atoms with E-state index in [4.69, 9.17) is 54.1 Å². The zero-order valence-electron chi connectivity index (χ0n) is 76.8. The number of primary amides is 2. The molecular weight excluding hydrogens is 2280 g/mol. The molecule has 4 saturated heterocycles. The summed E-state index contributed by atoms with van der Waals surface area (Å²) in [5, 5.41) is 42.7. The monoisotopic (exact) mass is 2380 g/mol. The first-order valence-electron chi connectivity index (χ1n) is 44.9. The average molecular weight is 2380 g/mol. The maximum atomic E-state index is 13.4. The van der Waals surface area contributed by atoms with E-state index in [1.807, 2.05) is 60.7 Å². The molecule has 10 aromatic rings. The Morgan fingerprint density at radius 3 is 0.957 bits per heavy atom. The van der Waals surface area contributed by atoms with Crippen LogP contribution in [0, 0.1) is 14.3 Å². The Morgan fingerprint density at radius 1 is 0.390 bits per heavy atom. The molecule has 42 heteroatoms. The predicted molar refractivity (Wildman–Crippen MR) is 539 cm³/mol. The van der Waals surface area contributed by atoms with Gasteiger partial charge >= 0.3 is 59.7 Å². The van der Waals surface area contributed by atoms with Gasteiger partial charge in [-0.1, -0.05) is 192 Å². The number of carbonyl (C=O) groups is 15. The van der Waals surface area contributed by atoms with Gasteiger partial charge in [0.1, 0.15) is 39.9 Å². The van der Waals surface area contributed by atoms with Crippen molar-refractivity contribution in [3.05, 3.63) is 230 Å². The van der Waals surface area contributed by atoms with Gasteiger partial charge in [-0.3, -0.25) is 42.7 Å². The van der Waals surface area contributed by atoms with Crippen molar-refractivity contribution in [1.82, 2.24) is 49.8 Å². The molecular formula is C99H96I4N12O26. The normalized spacial score (nSPS) is 17.5. The lowest BCUT2D eigenvalue weighted by atomic mass is 10.00. The minimum absolute atomic E-state index is 0.00572. The number of rotatable bonds is 23. The van der Waals surface area contributed by atoms with Crippen LogP contribution in [0.15, 0.2) is 183 Å². The standard InChI is InChI=1S/C29H29IN4O7.C29H27IN4O7.C22H23IN2O6.C19H17IN2O6/c2*1-34-16-20(26(37)32-21(24(35)25(31)36)14-17-8-3-2-4-9-17)23(33-34)18-10-7-11-19(15-18)30-22-27(38)40-29(41-28(22)39)12-5-6-13-29;1-13(2)29-19(26)16-12-25(3)24-18(16)14-7-6-8-15(11-14)23-17-20(27)30-22(31-21(17)28)9-4-5-10-22;1-22-10-13(16(23)24)15(21-22)11-5-4-6-12(9-11)20-14-17(25)27-19(28-18(14)26)7-2-3-8-19/h2-4,7-11,15-16,21,24,35H,5-6,12-14H2,1H3,(H2,31,36)(H,32,37);2-4,7-11,15-16,21H,5-6,12-14H2,1H3,(H2,31,36)(H,32,37);6-8,11-13H,4-5,9-10H2,1-3H3;4-6,9-10H,2-3,7-8H2,1H3,(H,23,24). The highest BCUT2D eigenvalue weighted by Crippen LogP contribution is 2.44. The molecule has 18 rings (SSSR count). The second-order valence-electron chi connectivity index (χ2n) is 34.3. The van der Waals surface area contributed by atoms with Crippen LogP contribution in [0.5, 0.6) is 0 Å². The van der Waals surface area contributed by atoms with Gasteiger partial charge in [-0.05, 0) is 131 Å². The number of aromatic carboxylic acids is 1. The van der Waals surface area contributed by atoms with Gasteiger partial charge < -0.3 is 74.9 Å². The summed E-state index contributed by atoms with van der Waals surface area (Å²) in [6.07, 6.45) is 15.5. The Morgan fingerprint density at radius 2 is 0.667 bits per heavy atom. The molecule has 8 aliphatic rings. The highest BCUT2D eigenvalue weighted by Gasteiger charge is 2.53. The van der Waals surface area contributed by atoms with Gasteiger partial charge in [0.15, 0.2) is 20.1 Å². The summed E-state index contributed by atoms with van der Waals surface area (Å²) in [5.74, 6) is -15.0. The highest BCUT2D eigenvalue weighted by molar-refractivity contribution is 14.2. The Labute approximate surface area is 845 Å². The van der Waals surface area contributed by atoms with Crippen LogP contribution in [-0.4, -0.2) is 200 Å². The minimum Gasteiger partial charge on any atom is -0.478 e. The number of aryl methyl sites for hydroxylation is 4. The van der Waals surface area contributed by atoms with Crippen molar-refractivity contribution in [2.75, 3.05) is 0 Å². The van der Waals surface area contributed by atoms with Crippen molar-refractivity contribution >= 4 is 186 Å². The van der Waals surface area contributed by atoms with Crippen LogP contribution in [0.25, 0.3) is 45.0 Å². The lowest BCUT2D eigenvalue weighted by Gasteiger charge is -2.32. The van der Waals surface area contributed by atoms with Crippen molar-refractivity contribution in [3.8, 4) is 45.0 Å². The number of halogens is 4. The SMILES string of the molecule is CC(C)OC(=O)c1cn(C)nc1-c1cccc(I=C2C(=O)OC3(CCCC3)OC2=O)c1.Cn1cc(C(=O)NC(Cc2ccccc2)C(=O)C(N)=O)c(-c2cccc(I=C3C(=O)OC4(CCCC4)OC3=O)c2)n1.Cn1cc(C(=O)NC(Cc2ccccc2)C(O)C(N)=O)c(-c2cccc(I=C3C(=O)OC4(CCCC4)OC3=O)c2)n1.Cn1cc(C(=O)O)c(-c2cccc(I=C3C(=O)OC4(CCCC4)OC3=O)c2)n1. The molecule has 0 radical (unpaired) electrons. The number of aliphatic hydroxyl groups excluding tert-OH is 1. The van der Waals surface area contributed by atoms with Crippen molar-refractivity contribution in [2.45, 2.75) is 177 Å². The number of nitrogens with two attached hydrogens (primary N) is 2. The molecule has 8 heterocycles. The molecule has 4 aromatic heterocycles. The number of nitrogens with one attached hydrogen (secondary N) is 2. The molecule has 0 bridgehead atoms. The summed E-state index contributed by atoms with van der Waals surface area (Å²) >= 11 is -4.79. The Kier molecular flexibility index (Phi) is 32.1. The number of ether oxygens (including phenoxy) is 9. The van der Waals surface area contributed by atoms with Crippen LogP contribution >= 0.6 is 82.9 Å². The number of amides is 4. The molecule has 141 heavy (non-hydrogen) atoms. The second-order valence-corrected chi connectivity index (χ2v) is 45.8. The van der Waals surface area contributed by atoms with E-state index < -0.39 is 213 Å². The minimum atomic E-state index is -1.61. The van der Waals surface area contributed by atoms with Crippen LogP contribution in [0.4, 0.5) is 0 Å². The number of carboxylic acids is 1. The van der Waals surface area contributed by atoms with Crippen LogP contribution in [0.2, 0.25) is 0 Å². The van der Waals surface area contributed by atoms with Gasteiger partial charge in [0, 0.05) is 147 Å². The van der Waals surface area contributed by atoms with Crippen LogP contribution in [0.3, 0.4) is 0 Å². The summed E-state index contributed by atoms with van der Waals surface area (Å²) in [5.41, 5.74) is 17.0. The fourth-order valence-corrected chi connectivity index (χ4v) is 25.5. The number of benzene rings is 6. The molecule has 4 saturated carbocycles. The van der Waals surface area contributed by atoms with E-state index in [9.17, 15) is 82.1 Å². The smallest absolute Gasteiger partial charge is 0.354 e. The van der Waals surface area contributed by atoms with E-state index in [0.29, 0.717) is 102 Å². The quantitative estimate of drug-likeness (QED) is 0.0150. The molecule has 38 nitrogen and oxygen atoms in total. The summed E-state index contributed by atoms with van der Waals surface area (Å²) in [6.45, 7) is 3.57. The number of hydrogen-bond acceptors (Lipinski definition) is 29. The summed E-state index contributed by atoms with van der Waals surface area (Å²) < 4.78 is 58.7. The number of aliphatic hydroxyl groups is 1. The number of hydrogen-bond donors (Lipinski definition) is 6. The van der Waals surface area contributed by atoms with E-state index in [2.05, 4.69) is 31.0 Å². The van der Waals surface area contributed by atoms with Crippen molar-refractivity contribution in [1.29, 1.82) is 0 Å². The van der Waals surface area contributed by atoms with E-state index >= 15 is 0 Å². The average Bonchev–Trinajstić information content (AvgIpc) is 1.75. The molecule has 4 spiro atoms. The first kappa shape index (κ1) is 102. The van der Waals surface area contributed by atoms with Gasteiger partial charge in [-0.15, -0.1) is 0 Å². The van der Waals surface area contributed by atoms with Crippen molar-refractivity contribution in [3.63, 3.8) is 0 Å². The maximum Gasteiger partial charge on any atom is 0.354 e. The van der Waals surface area contributed by atoms with Crippen LogP contribution in [0.1, 0.15) is 169 Å². The van der Waals surface area contributed by atoms with Crippen LogP contribution in [-0.2, 0) is 136 Å². The number of ketones is 1. The van der Waals surface area contributed by atoms with Gasteiger partial charge in [0.05, 0.1) is 23.3 Å². The Balaban J connectivity index is 0.000000144. The number of carbonyl (C=O) groups excluding carboxylic acids is 14. The number of Topliss-reactive ketones (excluding diaryl/α,β-unsaturated/α-hetero) is 1. The lowest BCUT2D eigenvalue weighted by molar-refractivity contribution is -0.226. The number of carboxylic acid groups (broad SMARTS) is 1. The molecule has 3 unspecified atom stereocenters. The largest absolute Gasteiger partial charge is 0.478 e. The molecule has 4 amide bonds. The van der Waals surface area contributed by atoms with E-state index in [-0.39, 0.29) is 49.7 Å². The molecule has 8 fully saturated rings. The summed E-state index contributed by atoms with van der Waals surface area (Å²) in [6, 6.07) is 44.4. The molecule has 8 N–H and O–H groups in total. The number of esters is 9. The second kappa shape index (κ2) is 44.3. The molecule has 6 aromatic carbocycles. The summed E-state index contributed by atoms with van der Waals surface area (Å²) in [4.78, 5) is 188. The zero-order chi connectivity index (χ0) is 100. The van der Waals surface area contributed by atoms with E-state index in [1.165, 1.54) is 32.6 Å².